The highest BCUT2D eigenvalue weighted by Crippen LogP contribution is 2.24. The fraction of sp³-hybridized carbons (Fsp3) is 0. The zero-order valence-electron chi connectivity index (χ0n) is 14.8. The minimum atomic E-state index is -0.937. The average molecular weight is 391 g/mol. The van der Waals surface area contributed by atoms with Gasteiger partial charge in [-0.3, -0.25) is 25.2 Å². The second-order valence-corrected chi connectivity index (χ2v) is 5.80. The maximum absolute atomic E-state index is 12.3. The average Bonchev–Trinajstić information content (AvgIpc) is 2.73. The summed E-state index contributed by atoms with van der Waals surface area (Å²) >= 11 is 0. The Labute approximate surface area is 164 Å². The highest BCUT2D eigenvalue weighted by Gasteiger charge is 2.21. The third-order valence-corrected chi connectivity index (χ3v) is 3.78. The van der Waals surface area contributed by atoms with Crippen LogP contribution in [0.2, 0.25) is 0 Å². The molecule has 0 fully saturated rings. The Morgan fingerprint density at radius 1 is 0.897 bits per heavy atom. The molecule has 29 heavy (non-hydrogen) atoms. The Morgan fingerprint density at radius 3 is 2.10 bits per heavy atom. The molecular weight excluding hydrogens is 378 g/mol. The molecule has 0 bridgehead atoms. The van der Waals surface area contributed by atoms with Crippen LogP contribution in [0.4, 0.5) is 11.4 Å². The molecule has 2 aromatic carbocycles. The fourth-order valence-corrected chi connectivity index (χ4v) is 2.39. The van der Waals surface area contributed by atoms with E-state index < -0.39 is 27.2 Å². The van der Waals surface area contributed by atoms with E-state index in [1.807, 2.05) is 30.4 Å². The van der Waals surface area contributed by atoms with Gasteiger partial charge in [0.15, 0.2) is 0 Å². The van der Waals surface area contributed by atoms with Gasteiger partial charge in [0.05, 0.1) is 27.2 Å². The molecular formula is C20H13N3O6. The Bertz CT molecular complexity index is 1060. The molecule has 1 aromatic heterocycles. The normalized spacial score (nSPS) is 10.6. The zero-order chi connectivity index (χ0) is 20.8. The number of non-ortho nitro benzene ring substituents is 2. The van der Waals surface area contributed by atoms with Gasteiger partial charge in [0.2, 0.25) is 0 Å². The summed E-state index contributed by atoms with van der Waals surface area (Å²) in [7, 11) is 0. The summed E-state index contributed by atoms with van der Waals surface area (Å²) in [5.41, 5.74) is 0.198. The lowest BCUT2D eigenvalue weighted by molar-refractivity contribution is -0.394. The third-order valence-electron chi connectivity index (χ3n) is 3.78. The van der Waals surface area contributed by atoms with Crippen molar-refractivity contribution in [1.29, 1.82) is 0 Å². The molecule has 0 saturated heterocycles. The molecule has 0 aliphatic heterocycles. The van der Waals surface area contributed by atoms with Gasteiger partial charge in [-0.05, 0) is 35.9 Å². The summed E-state index contributed by atoms with van der Waals surface area (Å²) in [5.74, 6) is -0.743. The number of esters is 1. The summed E-state index contributed by atoms with van der Waals surface area (Å²) in [6, 6.07) is 14.7. The second kappa shape index (κ2) is 8.53. The Morgan fingerprint density at radius 2 is 1.55 bits per heavy atom. The van der Waals surface area contributed by atoms with Crippen molar-refractivity contribution >= 4 is 29.5 Å². The predicted molar refractivity (Wildman–Crippen MR) is 104 cm³/mol. The van der Waals surface area contributed by atoms with Crippen LogP contribution < -0.4 is 4.74 Å². The van der Waals surface area contributed by atoms with Crippen molar-refractivity contribution in [2.75, 3.05) is 0 Å². The van der Waals surface area contributed by atoms with Crippen LogP contribution in [0.25, 0.3) is 12.2 Å². The van der Waals surface area contributed by atoms with E-state index in [9.17, 15) is 25.0 Å². The van der Waals surface area contributed by atoms with Crippen molar-refractivity contribution in [2.45, 2.75) is 0 Å². The molecule has 0 amide bonds. The largest absolute Gasteiger partial charge is 0.423 e. The topological polar surface area (TPSA) is 125 Å². The van der Waals surface area contributed by atoms with Gasteiger partial charge in [0.25, 0.3) is 11.4 Å². The van der Waals surface area contributed by atoms with Crippen molar-refractivity contribution in [1.82, 2.24) is 4.98 Å². The molecule has 9 heteroatoms. The number of pyridine rings is 1. The zero-order valence-corrected chi connectivity index (χ0v) is 14.8. The van der Waals surface area contributed by atoms with Gasteiger partial charge >= 0.3 is 5.97 Å². The van der Waals surface area contributed by atoms with Gasteiger partial charge in [0, 0.05) is 18.3 Å². The van der Waals surface area contributed by atoms with E-state index in [4.69, 9.17) is 4.74 Å². The molecule has 3 aromatic rings. The highest BCUT2D eigenvalue weighted by molar-refractivity contribution is 5.92. The molecule has 0 atom stereocenters. The summed E-state index contributed by atoms with van der Waals surface area (Å²) < 4.78 is 5.17. The lowest BCUT2D eigenvalue weighted by Gasteiger charge is -2.05. The number of carbonyl (C=O) groups is 1. The van der Waals surface area contributed by atoms with Crippen LogP contribution in [0.5, 0.6) is 5.75 Å². The molecule has 0 spiro atoms. The number of benzene rings is 2. The first-order valence-corrected chi connectivity index (χ1v) is 8.27. The van der Waals surface area contributed by atoms with E-state index in [-0.39, 0.29) is 11.3 Å². The lowest BCUT2D eigenvalue weighted by atomic mass is 10.1. The molecule has 0 aliphatic rings. The predicted octanol–water partition coefficient (Wildman–Crippen LogP) is 4.29. The van der Waals surface area contributed by atoms with Gasteiger partial charge < -0.3 is 4.74 Å². The summed E-state index contributed by atoms with van der Waals surface area (Å²) in [5, 5.41) is 21.9. The summed E-state index contributed by atoms with van der Waals surface area (Å²) in [4.78, 5) is 36.7. The number of nitrogens with zero attached hydrogens (tertiary/aromatic N) is 3. The Kier molecular flexibility index (Phi) is 5.69. The highest BCUT2D eigenvalue weighted by atomic mass is 16.6. The lowest BCUT2D eigenvalue weighted by Crippen LogP contribution is -2.09. The first-order valence-electron chi connectivity index (χ1n) is 8.27. The smallest absolute Gasteiger partial charge is 0.344 e. The van der Waals surface area contributed by atoms with Crippen molar-refractivity contribution in [3.63, 3.8) is 0 Å². The molecule has 144 valence electrons. The van der Waals surface area contributed by atoms with Gasteiger partial charge in [0.1, 0.15) is 5.75 Å². The fourth-order valence-electron chi connectivity index (χ4n) is 2.39. The van der Waals surface area contributed by atoms with Crippen LogP contribution in [0.15, 0.2) is 66.9 Å². The molecule has 1 heterocycles. The van der Waals surface area contributed by atoms with Crippen LogP contribution >= 0.6 is 0 Å². The first kappa shape index (κ1) is 19.4. The number of rotatable bonds is 6. The van der Waals surface area contributed by atoms with E-state index in [0.29, 0.717) is 0 Å². The Balaban J connectivity index is 1.75. The number of carbonyl (C=O) groups excluding carboxylic acids is 1. The van der Waals surface area contributed by atoms with Gasteiger partial charge in [-0.15, -0.1) is 0 Å². The second-order valence-electron chi connectivity index (χ2n) is 5.80. The molecule has 0 aliphatic carbocycles. The van der Waals surface area contributed by atoms with Crippen molar-refractivity contribution in [3.8, 4) is 5.75 Å². The minimum Gasteiger partial charge on any atom is -0.423 e. The molecule has 0 unspecified atom stereocenters. The van der Waals surface area contributed by atoms with Gasteiger partial charge in [-0.25, -0.2) is 4.79 Å². The van der Waals surface area contributed by atoms with E-state index >= 15 is 0 Å². The maximum atomic E-state index is 12.3. The van der Waals surface area contributed by atoms with Crippen LogP contribution in [0.1, 0.15) is 21.6 Å². The molecule has 3 rings (SSSR count). The van der Waals surface area contributed by atoms with Crippen LogP contribution in [0.3, 0.4) is 0 Å². The molecule has 9 nitrogen and oxygen atoms in total. The number of hydrogen-bond donors (Lipinski definition) is 0. The quantitative estimate of drug-likeness (QED) is 0.265. The van der Waals surface area contributed by atoms with Crippen LogP contribution in [-0.2, 0) is 0 Å². The summed E-state index contributed by atoms with van der Waals surface area (Å²) in [6.45, 7) is 0. The number of hydrogen-bond acceptors (Lipinski definition) is 7. The molecule has 0 radical (unpaired) electrons. The van der Waals surface area contributed by atoms with E-state index in [1.165, 1.54) is 0 Å². The van der Waals surface area contributed by atoms with Crippen LogP contribution in [-0.4, -0.2) is 20.8 Å². The minimum absolute atomic E-state index is 0.194. The van der Waals surface area contributed by atoms with E-state index in [0.717, 1.165) is 29.5 Å². The van der Waals surface area contributed by atoms with Crippen molar-refractivity contribution in [3.05, 3.63) is 104 Å². The van der Waals surface area contributed by atoms with Gasteiger partial charge in [-0.2, -0.15) is 0 Å². The SMILES string of the molecule is O=C(Oc1ccc(/C=C/c2ccccn2)cc1)c1cc([N+](=O)[O-])cc([N+](=O)[O-])c1. The standard InChI is InChI=1S/C20H13N3O6/c24-20(15-11-17(22(25)26)13-18(12-15)23(27)28)29-19-8-5-14(6-9-19)4-7-16-3-1-2-10-21-16/h1-13H/b7-4+. The monoisotopic (exact) mass is 391 g/mol. The maximum Gasteiger partial charge on any atom is 0.344 e. The third kappa shape index (κ3) is 5.07. The number of aromatic nitrogens is 1. The van der Waals surface area contributed by atoms with Gasteiger partial charge in [-0.1, -0.05) is 24.3 Å². The number of ether oxygens (including phenoxy) is 1. The van der Waals surface area contributed by atoms with E-state index in [1.54, 1.807) is 30.5 Å². The van der Waals surface area contributed by atoms with Crippen LogP contribution in [0, 0.1) is 20.2 Å². The van der Waals surface area contributed by atoms with Crippen molar-refractivity contribution < 1.29 is 19.4 Å². The van der Waals surface area contributed by atoms with E-state index in [2.05, 4.69) is 4.98 Å². The molecule has 0 N–H and O–H groups in total. The Hall–Kier alpha value is -4.40. The molecule has 0 saturated carbocycles. The number of nitro groups is 2. The summed E-state index contributed by atoms with van der Waals surface area (Å²) in [6.07, 6.45) is 5.33. The van der Waals surface area contributed by atoms with Crippen molar-refractivity contribution in [2.24, 2.45) is 0 Å². The number of nitro benzene ring substituents is 2. The first-order chi connectivity index (χ1) is 13.9.